The van der Waals surface area contributed by atoms with E-state index in [1.807, 2.05) is 0 Å². The van der Waals surface area contributed by atoms with E-state index in [-0.39, 0.29) is 109 Å². The normalized spacial score (nSPS) is 11.3. The average molecular weight is 261 g/mol. The number of hydrogen-bond donors (Lipinski definition) is 0. The molecule has 0 aliphatic carbocycles. The van der Waals surface area contributed by atoms with E-state index in [2.05, 4.69) is 20.7 Å². The number of rotatable bonds is 5. The smallest absolute Gasteiger partial charge is 0.548 e. The number of aliphatic carboxylic acids is 1. The molecule has 0 saturated heterocycles. The van der Waals surface area contributed by atoms with Crippen molar-refractivity contribution < 1.29 is 127 Å². The van der Waals surface area contributed by atoms with Crippen molar-refractivity contribution in [2.45, 2.75) is 0 Å². The van der Waals surface area contributed by atoms with Gasteiger partial charge in [0.1, 0.15) is 6.61 Å². The summed E-state index contributed by atoms with van der Waals surface area (Å²) in [5, 5.41) is 9.84. The van der Waals surface area contributed by atoms with E-state index in [0.29, 0.717) is 0 Å². The van der Waals surface area contributed by atoms with Crippen LogP contribution in [-0.4, -0.2) is 31.4 Å². The van der Waals surface area contributed by atoms with E-state index in [1.165, 1.54) is 6.20 Å². The number of allylic oxidation sites excluding steroid dienone is 1. The molecule has 0 fully saturated rings. The van der Waals surface area contributed by atoms with E-state index in [0.717, 1.165) is 0 Å². The van der Waals surface area contributed by atoms with Gasteiger partial charge in [-0.25, -0.2) is 4.79 Å². The monoisotopic (exact) mass is 261 g/mol. The van der Waals surface area contributed by atoms with E-state index in [4.69, 9.17) is 0 Å². The van der Waals surface area contributed by atoms with Gasteiger partial charge in [-0.15, -0.1) is 0 Å². The average Bonchev–Trinajstić information content (AvgIpc) is 1.96. The second kappa shape index (κ2) is 10.7. The minimum absolute atomic E-state index is 0. The summed E-state index contributed by atoms with van der Waals surface area (Å²) in [4.78, 5) is 24.0. The van der Waals surface area contributed by atoms with Gasteiger partial charge in [0.15, 0.2) is 0 Å². The van der Waals surface area contributed by atoms with Gasteiger partial charge in [-0.05, 0) is 12.4 Å². The molecule has 15 heavy (non-hydrogen) atoms. The topological polar surface area (TPSA) is 88.0 Å². The van der Waals surface area contributed by atoms with Gasteiger partial charge in [0.25, 0.3) is 0 Å². The Kier molecular flexibility index (Phi) is 13.5. The van der Waals surface area contributed by atoms with Crippen LogP contribution in [0.25, 0.3) is 0 Å². The number of ether oxygens (including phenoxy) is 2. The molecule has 70 valence electrons. The largest absolute Gasteiger partial charge is 1.00 e. The molecule has 8 heteroatoms. The van der Waals surface area contributed by atoms with Gasteiger partial charge < -0.3 is 24.4 Å². The second-order valence-electron chi connectivity index (χ2n) is 2.07. The maximum Gasteiger partial charge on any atom is 1.00 e. The van der Waals surface area contributed by atoms with Crippen LogP contribution >= 0.6 is 0 Å². The van der Waals surface area contributed by atoms with Crippen LogP contribution in [0.2, 0.25) is 0 Å². The number of hydrogen-bond acceptors (Lipinski definition) is 6. The number of carboxylic acid groups (broad SMARTS) is 1. The molecule has 0 N–H and O–H groups in total. The summed E-state index contributed by atoms with van der Waals surface area (Å²) in [5.74, 6) is -1.87. The molecule has 0 bridgehead atoms. The van der Waals surface area contributed by atoms with Crippen molar-refractivity contribution in [1.82, 2.24) is 0 Å². The predicted octanol–water partition coefficient (Wildman–Crippen LogP) is -7.89. The third kappa shape index (κ3) is 9.30. The molecule has 0 aromatic carbocycles. The fraction of sp³-hybridized carbons (Fsp3) is 0.286. The Labute approximate surface area is 171 Å². The summed E-state index contributed by atoms with van der Waals surface area (Å²) >= 11 is 0. The van der Waals surface area contributed by atoms with Gasteiger partial charge in [0, 0.05) is 0 Å². The molecular formula is C7H5K2NO5. The number of aliphatic imine (C=N–C) groups is 1. The van der Waals surface area contributed by atoms with Crippen molar-refractivity contribution >= 4 is 18.2 Å². The Hall–Kier alpha value is 1.58. The minimum atomic E-state index is -1.39. The van der Waals surface area contributed by atoms with Crippen molar-refractivity contribution in [2.75, 3.05) is 13.2 Å². The van der Waals surface area contributed by atoms with Crippen LogP contribution < -0.4 is 108 Å². The Morgan fingerprint density at radius 2 is 2.00 bits per heavy atom. The van der Waals surface area contributed by atoms with Crippen molar-refractivity contribution in [3.05, 3.63) is 12.0 Å². The first-order chi connectivity index (χ1) is 6.18. The van der Waals surface area contributed by atoms with Gasteiger partial charge in [-0.2, -0.15) is 0 Å². The SMILES string of the molecule is O=C([O-])COCC(=O)OC1=CN=[C-]1.[K+].[K+]. The van der Waals surface area contributed by atoms with Crippen LogP contribution in [0.5, 0.6) is 0 Å². The standard InChI is InChI=1S/C7H6NO5.2K/c9-6(10)3-12-4-7(11)13-5-1-8-2-5;;/h1H,3-4H2,(H,9,10);;/q-1;2*+1/p-1. The predicted molar refractivity (Wildman–Crippen MR) is 37.4 cm³/mol. The quantitative estimate of drug-likeness (QED) is 0.279. The van der Waals surface area contributed by atoms with Gasteiger partial charge >= 0.3 is 109 Å². The molecule has 0 saturated carbocycles. The Bertz CT molecular complexity index is 289. The van der Waals surface area contributed by atoms with Crippen LogP contribution in [-0.2, 0) is 19.1 Å². The van der Waals surface area contributed by atoms with Crippen LogP contribution in [0, 0.1) is 0 Å². The third-order valence-electron chi connectivity index (χ3n) is 1.02. The number of carboxylic acids is 1. The molecule has 0 aromatic heterocycles. The molecular weight excluding hydrogens is 256 g/mol. The summed E-state index contributed by atoms with van der Waals surface area (Å²) in [5.41, 5.74) is 0. The first-order valence-electron chi connectivity index (χ1n) is 3.33. The number of esters is 1. The van der Waals surface area contributed by atoms with Gasteiger partial charge in [-0.3, -0.25) is 0 Å². The summed E-state index contributed by atoms with van der Waals surface area (Å²) < 4.78 is 8.95. The van der Waals surface area contributed by atoms with Gasteiger partial charge in [-0.1, -0.05) is 0 Å². The minimum Gasteiger partial charge on any atom is -0.548 e. The fourth-order valence-corrected chi connectivity index (χ4v) is 0.536. The maximum absolute atomic E-state index is 10.7. The molecule has 0 amide bonds. The van der Waals surface area contributed by atoms with Gasteiger partial charge in [0.2, 0.25) is 0 Å². The van der Waals surface area contributed by atoms with E-state index in [1.54, 1.807) is 0 Å². The number of carbonyl (C=O) groups excluding carboxylic acids is 2. The van der Waals surface area contributed by atoms with Crippen molar-refractivity contribution in [2.24, 2.45) is 4.99 Å². The molecule has 0 unspecified atom stereocenters. The molecule has 1 aliphatic rings. The molecule has 0 atom stereocenters. The van der Waals surface area contributed by atoms with Gasteiger partial charge in [0.05, 0.1) is 18.3 Å². The fourth-order valence-electron chi connectivity index (χ4n) is 0.536. The molecule has 1 heterocycles. The zero-order valence-electron chi connectivity index (χ0n) is 8.48. The molecule has 6 nitrogen and oxygen atoms in total. The van der Waals surface area contributed by atoms with Crippen LogP contribution in [0.15, 0.2) is 17.0 Å². The van der Waals surface area contributed by atoms with Crippen LogP contribution in [0.3, 0.4) is 0 Å². The number of carbonyl (C=O) groups is 2. The van der Waals surface area contributed by atoms with Crippen LogP contribution in [0.4, 0.5) is 0 Å². The molecule has 1 aliphatic heterocycles. The van der Waals surface area contributed by atoms with E-state index in [9.17, 15) is 14.7 Å². The summed E-state index contributed by atoms with van der Waals surface area (Å²) in [6.45, 7) is -1.07. The first kappa shape index (κ1) is 18.9. The molecule has 1 rings (SSSR count). The molecule has 0 radical (unpaired) electrons. The number of nitrogens with zero attached hydrogens (tertiary/aromatic N) is 1. The zero-order valence-corrected chi connectivity index (χ0v) is 14.7. The van der Waals surface area contributed by atoms with Crippen molar-refractivity contribution in [3.63, 3.8) is 0 Å². The Morgan fingerprint density at radius 1 is 1.40 bits per heavy atom. The molecule has 0 spiro atoms. The Morgan fingerprint density at radius 3 is 2.40 bits per heavy atom. The van der Waals surface area contributed by atoms with Crippen LogP contribution in [0.1, 0.15) is 0 Å². The van der Waals surface area contributed by atoms with Crippen molar-refractivity contribution in [1.29, 1.82) is 0 Å². The van der Waals surface area contributed by atoms with Crippen molar-refractivity contribution in [3.8, 4) is 0 Å². The summed E-state index contributed by atoms with van der Waals surface area (Å²) in [7, 11) is 0. The molecule has 0 aromatic rings. The zero-order chi connectivity index (χ0) is 9.68. The third-order valence-corrected chi connectivity index (χ3v) is 1.02. The Balaban J connectivity index is 0. The first-order valence-corrected chi connectivity index (χ1v) is 3.33. The summed E-state index contributed by atoms with van der Waals surface area (Å²) in [6.07, 6.45) is 3.64. The summed E-state index contributed by atoms with van der Waals surface area (Å²) in [6, 6.07) is 0. The van der Waals surface area contributed by atoms with E-state index >= 15 is 0 Å². The second-order valence-corrected chi connectivity index (χ2v) is 2.07. The van der Waals surface area contributed by atoms with E-state index < -0.39 is 25.2 Å². The maximum atomic E-state index is 10.7.